The molecule has 0 fully saturated rings. The highest BCUT2D eigenvalue weighted by atomic mass is 32.1. The molecule has 0 bridgehead atoms. The Morgan fingerprint density at radius 1 is 1.31 bits per heavy atom. The third-order valence-corrected chi connectivity index (χ3v) is 3.20. The number of hydrogen-bond acceptors (Lipinski definition) is 4. The normalized spacial score (nSPS) is 10.6. The van der Waals surface area contributed by atoms with Gasteiger partial charge >= 0.3 is 0 Å². The number of ether oxygens (including phenoxy) is 1. The van der Waals surface area contributed by atoms with Crippen LogP contribution in [0.15, 0.2) is 6.20 Å². The molecule has 4 heteroatoms. The van der Waals surface area contributed by atoms with Crippen LogP contribution in [-0.4, -0.2) is 18.1 Å². The van der Waals surface area contributed by atoms with Gasteiger partial charge in [0.1, 0.15) is 0 Å². The van der Waals surface area contributed by atoms with Crippen LogP contribution in [-0.2, 0) is 11.3 Å². The summed E-state index contributed by atoms with van der Waals surface area (Å²) in [4.78, 5) is 5.46. The van der Waals surface area contributed by atoms with Crippen molar-refractivity contribution in [2.45, 2.75) is 46.1 Å². The number of thiazole rings is 1. The Labute approximate surface area is 102 Å². The second kappa shape index (κ2) is 8.53. The van der Waals surface area contributed by atoms with Crippen LogP contribution in [0.25, 0.3) is 0 Å². The zero-order valence-corrected chi connectivity index (χ0v) is 11.1. The van der Waals surface area contributed by atoms with Gasteiger partial charge in [0, 0.05) is 19.3 Å². The molecular formula is C12H22N2OS. The fraction of sp³-hybridized carbons (Fsp3) is 0.750. The molecule has 0 aliphatic carbocycles. The number of hydrogen-bond donors (Lipinski definition) is 1. The Kier molecular flexibility index (Phi) is 7.17. The molecule has 1 heterocycles. The van der Waals surface area contributed by atoms with E-state index in [9.17, 15) is 0 Å². The lowest BCUT2D eigenvalue weighted by atomic mass is 10.2. The summed E-state index contributed by atoms with van der Waals surface area (Å²) in [6.45, 7) is 6.79. The summed E-state index contributed by atoms with van der Waals surface area (Å²) in [6, 6.07) is 0. The third-order valence-electron chi connectivity index (χ3n) is 2.27. The second-order valence-electron chi connectivity index (χ2n) is 3.78. The minimum Gasteiger partial charge on any atom is -0.376 e. The maximum atomic E-state index is 5.60. The molecule has 1 N–H and O–H groups in total. The van der Waals surface area contributed by atoms with Crippen LogP contribution < -0.4 is 5.32 Å². The number of nitrogens with zero attached hydrogens (tertiary/aromatic N) is 1. The van der Waals surface area contributed by atoms with Crippen LogP contribution in [0.3, 0.4) is 0 Å². The monoisotopic (exact) mass is 242 g/mol. The molecule has 0 spiro atoms. The first-order chi connectivity index (χ1) is 7.86. The average Bonchev–Trinajstić information content (AvgIpc) is 2.72. The topological polar surface area (TPSA) is 34.1 Å². The summed E-state index contributed by atoms with van der Waals surface area (Å²) in [6.07, 6.45) is 6.94. The van der Waals surface area contributed by atoms with E-state index < -0.39 is 0 Å². The molecule has 0 radical (unpaired) electrons. The molecule has 92 valence electrons. The van der Waals surface area contributed by atoms with Crippen LogP contribution >= 0.6 is 11.3 Å². The van der Waals surface area contributed by atoms with Crippen molar-refractivity contribution in [2.24, 2.45) is 0 Å². The van der Waals surface area contributed by atoms with Gasteiger partial charge in [-0.25, -0.2) is 4.98 Å². The zero-order valence-electron chi connectivity index (χ0n) is 10.3. The van der Waals surface area contributed by atoms with Gasteiger partial charge in [-0.15, -0.1) is 0 Å². The lowest BCUT2D eigenvalue weighted by Gasteiger charge is -2.01. The van der Waals surface area contributed by atoms with Gasteiger partial charge in [-0.1, -0.05) is 37.5 Å². The Hall–Kier alpha value is -0.610. The minimum atomic E-state index is 0.704. The van der Waals surface area contributed by atoms with Crippen molar-refractivity contribution in [3.8, 4) is 0 Å². The zero-order chi connectivity index (χ0) is 11.6. The highest BCUT2D eigenvalue weighted by Crippen LogP contribution is 2.18. The summed E-state index contributed by atoms with van der Waals surface area (Å²) < 4.78 is 5.60. The Bertz CT molecular complexity index is 276. The van der Waals surface area contributed by atoms with E-state index in [0.29, 0.717) is 6.61 Å². The smallest absolute Gasteiger partial charge is 0.182 e. The van der Waals surface area contributed by atoms with Crippen molar-refractivity contribution in [2.75, 3.05) is 18.5 Å². The van der Waals surface area contributed by atoms with Crippen molar-refractivity contribution in [1.82, 2.24) is 4.98 Å². The molecular weight excluding hydrogens is 220 g/mol. The SMILES string of the molecule is CCCCCCOCc1cnc(NCC)s1. The van der Waals surface area contributed by atoms with Gasteiger partial charge < -0.3 is 10.1 Å². The van der Waals surface area contributed by atoms with Crippen molar-refractivity contribution >= 4 is 16.5 Å². The summed E-state index contributed by atoms with van der Waals surface area (Å²) in [7, 11) is 0. The molecule has 1 aromatic rings. The number of unbranched alkanes of at least 4 members (excludes halogenated alkanes) is 3. The first-order valence-corrected chi connectivity index (χ1v) is 6.94. The van der Waals surface area contributed by atoms with Crippen molar-refractivity contribution in [3.05, 3.63) is 11.1 Å². The number of nitrogens with one attached hydrogen (secondary N) is 1. The van der Waals surface area contributed by atoms with Gasteiger partial charge in [0.2, 0.25) is 0 Å². The minimum absolute atomic E-state index is 0.704. The molecule has 0 unspecified atom stereocenters. The van der Waals surface area contributed by atoms with E-state index in [1.54, 1.807) is 11.3 Å². The number of rotatable bonds is 9. The molecule has 0 aliphatic rings. The van der Waals surface area contributed by atoms with E-state index in [1.165, 1.54) is 30.6 Å². The fourth-order valence-corrected chi connectivity index (χ4v) is 2.23. The van der Waals surface area contributed by atoms with Crippen LogP contribution in [0.4, 0.5) is 5.13 Å². The fourth-order valence-electron chi connectivity index (χ4n) is 1.41. The Balaban J connectivity index is 2.07. The van der Waals surface area contributed by atoms with Crippen LogP contribution in [0.5, 0.6) is 0 Å². The molecule has 0 amide bonds. The summed E-state index contributed by atoms with van der Waals surface area (Å²) >= 11 is 1.68. The van der Waals surface area contributed by atoms with E-state index in [-0.39, 0.29) is 0 Å². The van der Waals surface area contributed by atoms with Gasteiger partial charge in [-0.2, -0.15) is 0 Å². The molecule has 0 saturated heterocycles. The number of aromatic nitrogens is 1. The van der Waals surface area contributed by atoms with Crippen LogP contribution in [0.2, 0.25) is 0 Å². The molecule has 0 aromatic carbocycles. The quantitative estimate of drug-likeness (QED) is 0.671. The van der Waals surface area contributed by atoms with Gasteiger partial charge in [0.15, 0.2) is 5.13 Å². The maximum absolute atomic E-state index is 5.60. The van der Waals surface area contributed by atoms with E-state index in [1.807, 2.05) is 6.20 Å². The molecule has 0 saturated carbocycles. The van der Waals surface area contributed by atoms with Crippen molar-refractivity contribution in [3.63, 3.8) is 0 Å². The van der Waals surface area contributed by atoms with E-state index >= 15 is 0 Å². The molecule has 1 rings (SSSR count). The number of anilines is 1. The molecule has 16 heavy (non-hydrogen) atoms. The van der Waals surface area contributed by atoms with Crippen LogP contribution in [0.1, 0.15) is 44.4 Å². The lowest BCUT2D eigenvalue weighted by molar-refractivity contribution is 0.118. The Morgan fingerprint density at radius 2 is 2.19 bits per heavy atom. The highest BCUT2D eigenvalue weighted by Gasteiger charge is 2.00. The van der Waals surface area contributed by atoms with Gasteiger partial charge in [0.25, 0.3) is 0 Å². The predicted molar refractivity (Wildman–Crippen MR) is 70.1 cm³/mol. The van der Waals surface area contributed by atoms with Gasteiger partial charge in [-0.05, 0) is 13.3 Å². The lowest BCUT2D eigenvalue weighted by Crippen LogP contribution is -1.94. The average molecular weight is 242 g/mol. The van der Waals surface area contributed by atoms with Crippen LogP contribution in [0, 0.1) is 0 Å². The van der Waals surface area contributed by atoms with Crippen molar-refractivity contribution < 1.29 is 4.74 Å². The third kappa shape index (κ3) is 5.47. The second-order valence-corrected chi connectivity index (χ2v) is 4.89. The van der Waals surface area contributed by atoms with E-state index in [0.717, 1.165) is 18.3 Å². The molecule has 0 aliphatic heterocycles. The van der Waals surface area contributed by atoms with E-state index in [4.69, 9.17) is 4.74 Å². The predicted octanol–water partition coefficient (Wildman–Crippen LogP) is 3.67. The first kappa shape index (κ1) is 13.5. The van der Waals surface area contributed by atoms with Crippen molar-refractivity contribution in [1.29, 1.82) is 0 Å². The largest absolute Gasteiger partial charge is 0.376 e. The molecule has 1 aromatic heterocycles. The van der Waals surface area contributed by atoms with Gasteiger partial charge in [-0.3, -0.25) is 0 Å². The van der Waals surface area contributed by atoms with Gasteiger partial charge in [0.05, 0.1) is 11.5 Å². The highest BCUT2D eigenvalue weighted by molar-refractivity contribution is 7.15. The summed E-state index contributed by atoms with van der Waals surface area (Å²) in [5, 5.41) is 4.19. The Morgan fingerprint density at radius 3 is 2.94 bits per heavy atom. The van der Waals surface area contributed by atoms with E-state index in [2.05, 4.69) is 24.1 Å². The summed E-state index contributed by atoms with van der Waals surface area (Å²) in [5.74, 6) is 0. The molecule has 0 atom stereocenters. The standard InChI is InChI=1S/C12H22N2OS/c1-3-5-6-7-8-15-10-11-9-14-12(16-11)13-4-2/h9H,3-8,10H2,1-2H3,(H,13,14). The first-order valence-electron chi connectivity index (χ1n) is 6.13. The summed E-state index contributed by atoms with van der Waals surface area (Å²) in [5.41, 5.74) is 0. The maximum Gasteiger partial charge on any atom is 0.182 e. The molecule has 3 nitrogen and oxygen atoms in total.